The van der Waals surface area contributed by atoms with Crippen LogP contribution in [0.4, 0.5) is 0 Å². The van der Waals surface area contributed by atoms with Gasteiger partial charge in [0.15, 0.2) is 0 Å². The van der Waals surface area contributed by atoms with Crippen LogP contribution < -0.4 is 5.73 Å². The van der Waals surface area contributed by atoms with Crippen molar-refractivity contribution in [3.63, 3.8) is 0 Å². The van der Waals surface area contributed by atoms with E-state index in [1.54, 1.807) is 0 Å². The minimum absolute atomic E-state index is 0.481. The summed E-state index contributed by atoms with van der Waals surface area (Å²) < 4.78 is 0. The van der Waals surface area contributed by atoms with Gasteiger partial charge in [0.1, 0.15) is 0 Å². The molecule has 3 fully saturated rings. The molecule has 0 aromatic rings. The van der Waals surface area contributed by atoms with Crippen molar-refractivity contribution in [2.45, 2.75) is 69.6 Å². The lowest BCUT2D eigenvalue weighted by atomic mass is 9.93. The first kappa shape index (κ1) is 11.9. The van der Waals surface area contributed by atoms with E-state index in [9.17, 15) is 0 Å². The standard InChI is InChI=1S/C14H27N3/c1-2-16-7-3-4-14(10-16)17-12-5-6-13(17)9-11(15)8-12/h11-14H,2-10,15H2,1H3. The van der Waals surface area contributed by atoms with Gasteiger partial charge in [-0.2, -0.15) is 0 Å². The molecule has 0 aromatic carbocycles. The molecule has 0 aromatic heterocycles. The second-order valence-corrected chi connectivity index (χ2v) is 6.25. The van der Waals surface area contributed by atoms with Gasteiger partial charge in [-0.25, -0.2) is 0 Å². The first-order chi connectivity index (χ1) is 8.28. The minimum Gasteiger partial charge on any atom is -0.328 e. The molecule has 3 nitrogen and oxygen atoms in total. The summed E-state index contributed by atoms with van der Waals surface area (Å²) in [6, 6.07) is 2.93. The van der Waals surface area contributed by atoms with Gasteiger partial charge >= 0.3 is 0 Å². The van der Waals surface area contributed by atoms with Gasteiger partial charge in [-0.05, 0) is 51.6 Å². The number of nitrogens with zero attached hydrogens (tertiary/aromatic N) is 2. The van der Waals surface area contributed by atoms with E-state index in [0.717, 1.165) is 18.1 Å². The predicted octanol–water partition coefficient (Wildman–Crippen LogP) is 1.42. The Morgan fingerprint density at radius 1 is 1.06 bits per heavy atom. The molecule has 3 atom stereocenters. The van der Waals surface area contributed by atoms with Gasteiger partial charge in [-0.1, -0.05) is 6.92 Å². The molecule has 3 aliphatic rings. The van der Waals surface area contributed by atoms with E-state index in [0.29, 0.717) is 6.04 Å². The van der Waals surface area contributed by atoms with Crippen LogP contribution in [0.2, 0.25) is 0 Å². The normalized spacial score (nSPS) is 44.1. The second-order valence-electron chi connectivity index (χ2n) is 6.25. The van der Waals surface area contributed by atoms with E-state index in [1.807, 2.05) is 0 Å². The lowest BCUT2D eigenvalue weighted by Crippen LogP contribution is -2.56. The monoisotopic (exact) mass is 237 g/mol. The summed E-state index contributed by atoms with van der Waals surface area (Å²) in [4.78, 5) is 5.49. The van der Waals surface area contributed by atoms with Gasteiger partial charge in [0, 0.05) is 30.7 Å². The van der Waals surface area contributed by atoms with Gasteiger partial charge in [-0.15, -0.1) is 0 Å². The first-order valence-corrected chi connectivity index (χ1v) is 7.53. The molecular formula is C14H27N3. The van der Waals surface area contributed by atoms with Crippen molar-refractivity contribution in [1.82, 2.24) is 9.80 Å². The van der Waals surface area contributed by atoms with E-state index in [4.69, 9.17) is 5.73 Å². The second kappa shape index (κ2) is 4.87. The molecule has 0 saturated carbocycles. The molecule has 0 spiro atoms. The van der Waals surface area contributed by atoms with Crippen LogP contribution in [0, 0.1) is 0 Å². The summed E-state index contributed by atoms with van der Waals surface area (Å²) in [5, 5.41) is 0. The Kier molecular flexibility index (Phi) is 3.42. The van der Waals surface area contributed by atoms with Crippen molar-refractivity contribution >= 4 is 0 Å². The van der Waals surface area contributed by atoms with Gasteiger partial charge in [0.25, 0.3) is 0 Å². The molecule has 0 aliphatic carbocycles. The maximum absolute atomic E-state index is 6.16. The number of piperidine rings is 2. The quantitative estimate of drug-likeness (QED) is 0.788. The highest BCUT2D eigenvalue weighted by molar-refractivity contribution is 5.00. The molecule has 17 heavy (non-hydrogen) atoms. The maximum Gasteiger partial charge on any atom is 0.0229 e. The molecule has 3 unspecified atom stereocenters. The largest absolute Gasteiger partial charge is 0.328 e. The zero-order valence-electron chi connectivity index (χ0n) is 11.1. The smallest absolute Gasteiger partial charge is 0.0229 e. The number of likely N-dealkylation sites (tertiary alicyclic amines) is 1. The number of hydrogen-bond donors (Lipinski definition) is 1. The third-order valence-electron chi connectivity index (χ3n) is 5.18. The molecule has 3 heterocycles. The van der Waals surface area contributed by atoms with E-state index in [1.165, 1.54) is 58.2 Å². The summed E-state index contributed by atoms with van der Waals surface area (Å²) in [5.74, 6) is 0. The van der Waals surface area contributed by atoms with Crippen LogP contribution in [0.1, 0.15) is 45.4 Å². The molecule has 3 aliphatic heterocycles. The Morgan fingerprint density at radius 2 is 1.76 bits per heavy atom. The predicted molar refractivity (Wildman–Crippen MR) is 71.0 cm³/mol. The lowest BCUT2D eigenvalue weighted by Gasteiger charge is -2.46. The Bertz CT molecular complexity index is 254. The summed E-state index contributed by atoms with van der Waals surface area (Å²) in [5.41, 5.74) is 6.16. The average Bonchev–Trinajstić information content (AvgIpc) is 2.62. The van der Waals surface area contributed by atoms with Crippen molar-refractivity contribution < 1.29 is 0 Å². The van der Waals surface area contributed by atoms with Crippen molar-refractivity contribution in [2.24, 2.45) is 5.73 Å². The van der Waals surface area contributed by atoms with E-state index < -0.39 is 0 Å². The third-order valence-corrected chi connectivity index (χ3v) is 5.18. The molecule has 98 valence electrons. The van der Waals surface area contributed by atoms with Crippen LogP contribution in [0.15, 0.2) is 0 Å². The van der Waals surface area contributed by atoms with Gasteiger partial charge in [0.05, 0.1) is 0 Å². The molecule has 0 amide bonds. The number of fused-ring (bicyclic) bond motifs is 2. The summed E-state index contributed by atoms with van der Waals surface area (Å²) in [7, 11) is 0. The van der Waals surface area contributed by atoms with Crippen LogP contribution in [-0.2, 0) is 0 Å². The van der Waals surface area contributed by atoms with Crippen LogP contribution >= 0.6 is 0 Å². The van der Waals surface area contributed by atoms with Crippen molar-refractivity contribution in [3.8, 4) is 0 Å². The fourth-order valence-electron chi connectivity index (χ4n) is 4.41. The summed E-state index contributed by atoms with van der Waals surface area (Å²) in [6.45, 7) is 6.14. The van der Waals surface area contributed by atoms with Crippen molar-refractivity contribution in [3.05, 3.63) is 0 Å². The highest BCUT2D eigenvalue weighted by Crippen LogP contribution is 2.38. The third kappa shape index (κ3) is 2.25. The van der Waals surface area contributed by atoms with Crippen molar-refractivity contribution in [1.29, 1.82) is 0 Å². The Labute approximate surface area is 105 Å². The van der Waals surface area contributed by atoms with Crippen molar-refractivity contribution in [2.75, 3.05) is 19.6 Å². The van der Waals surface area contributed by atoms with Crippen LogP contribution in [0.25, 0.3) is 0 Å². The number of nitrogens with two attached hydrogens (primary N) is 1. The van der Waals surface area contributed by atoms with Crippen LogP contribution in [0.3, 0.4) is 0 Å². The topological polar surface area (TPSA) is 32.5 Å². The SMILES string of the molecule is CCN1CCCC(N2C3CCC2CC(N)C3)C1. The molecule has 2 N–H and O–H groups in total. The van der Waals surface area contributed by atoms with E-state index >= 15 is 0 Å². The van der Waals surface area contributed by atoms with Crippen LogP contribution in [-0.4, -0.2) is 53.6 Å². The number of rotatable bonds is 2. The number of hydrogen-bond acceptors (Lipinski definition) is 3. The van der Waals surface area contributed by atoms with E-state index in [-0.39, 0.29) is 0 Å². The highest BCUT2D eigenvalue weighted by atomic mass is 15.3. The van der Waals surface area contributed by atoms with Gasteiger partial charge in [0.2, 0.25) is 0 Å². The Morgan fingerprint density at radius 3 is 2.41 bits per heavy atom. The van der Waals surface area contributed by atoms with Gasteiger partial charge < -0.3 is 10.6 Å². The van der Waals surface area contributed by atoms with E-state index in [2.05, 4.69) is 16.7 Å². The molecule has 3 rings (SSSR count). The number of likely N-dealkylation sites (N-methyl/N-ethyl adjacent to an activating group) is 1. The zero-order valence-corrected chi connectivity index (χ0v) is 11.1. The Hall–Kier alpha value is -0.120. The molecule has 0 radical (unpaired) electrons. The molecule has 2 bridgehead atoms. The Balaban J connectivity index is 1.68. The fourth-order valence-corrected chi connectivity index (χ4v) is 4.41. The lowest BCUT2D eigenvalue weighted by molar-refractivity contribution is 0.0329. The van der Waals surface area contributed by atoms with Crippen LogP contribution in [0.5, 0.6) is 0 Å². The zero-order chi connectivity index (χ0) is 11.8. The summed E-state index contributed by atoms with van der Waals surface area (Å²) >= 11 is 0. The first-order valence-electron chi connectivity index (χ1n) is 7.53. The van der Waals surface area contributed by atoms with Gasteiger partial charge in [-0.3, -0.25) is 4.90 Å². The maximum atomic E-state index is 6.16. The molecular weight excluding hydrogens is 210 g/mol. The summed E-state index contributed by atoms with van der Waals surface area (Å²) in [6.07, 6.45) is 8.11. The average molecular weight is 237 g/mol. The molecule has 3 heteroatoms. The highest BCUT2D eigenvalue weighted by Gasteiger charge is 2.43. The fraction of sp³-hybridized carbons (Fsp3) is 1.00. The molecule has 3 saturated heterocycles. The minimum atomic E-state index is 0.481.